The van der Waals surface area contributed by atoms with Crippen LogP contribution in [0.4, 0.5) is 0 Å². The third-order valence-corrected chi connectivity index (χ3v) is 1.42. The first-order valence-corrected chi connectivity index (χ1v) is 3.75. The molecule has 0 unspecified atom stereocenters. The Hall–Kier alpha value is -0.860. The quantitative estimate of drug-likeness (QED) is 0.348. The Balaban J connectivity index is 4.03. The maximum Gasteiger partial charge on any atom is 0.316 e. The number of ether oxygens (including phenoxy) is 1. The number of carbonyl (C=O) groups is 2. The highest BCUT2D eigenvalue weighted by molar-refractivity contribution is 5.87. The molecular weight excluding hydrogens is 144 g/mol. The second-order valence-corrected chi connectivity index (χ2v) is 2.66. The van der Waals surface area contributed by atoms with Crippen LogP contribution in [0.1, 0.15) is 20.8 Å². The summed E-state index contributed by atoms with van der Waals surface area (Å²) >= 11 is 0. The average molecular weight is 158 g/mol. The Labute approximate surface area is 66.7 Å². The van der Waals surface area contributed by atoms with Gasteiger partial charge in [0.2, 0.25) is 0 Å². The Morgan fingerprint density at radius 1 is 1.55 bits per heavy atom. The molecule has 64 valence electrons. The monoisotopic (exact) mass is 158 g/mol. The summed E-state index contributed by atoms with van der Waals surface area (Å²) in [7, 11) is 0. The SMILES string of the molecule is CCOC(=O)[C@@H](C=O)C(C)C. The zero-order valence-corrected chi connectivity index (χ0v) is 7.16. The van der Waals surface area contributed by atoms with Gasteiger partial charge >= 0.3 is 5.97 Å². The minimum Gasteiger partial charge on any atom is -0.465 e. The lowest BCUT2D eigenvalue weighted by Crippen LogP contribution is -2.23. The van der Waals surface area contributed by atoms with Crippen molar-refractivity contribution in [2.24, 2.45) is 11.8 Å². The zero-order valence-electron chi connectivity index (χ0n) is 7.16. The summed E-state index contributed by atoms with van der Waals surface area (Å²) in [5.41, 5.74) is 0. The minimum atomic E-state index is -0.602. The maximum absolute atomic E-state index is 11.0. The molecule has 0 aromatic heterocycles. The van der Waals surface area contributed by atoms with E-state index in [1.807, 2.05) is 13.8 Å². The van der Waals surface area contributed by atoms with Gasteiger partial charge in [-0.05, 0) is 12.8 Å². The van der Waals surface area contributed by atoms with Crippen LogP contribution >= 0.6 is 0 Å². The summed E-state index contributed by atoms with van der Waals surface area (Å²) in [5.74, 6) is -1.00. The molecular formula is C8H14O3. The fourth-order valence-electron chi connectivity index (χ4n) is 0.723. The molecule has 0 saturated heterocycles. The second-order valence-electron chi connectivity index (χ2n) is 2.66. The third-order valence-electron chi connectivity index (χ3n) is 1.42. The van der Waals surface area contributed by atoms with Crippen LogP contribution in [-0.4, -0.2) is 18.9 Å². The average Bonchev–Trinajstić information content (AvgIpc) is 1.88. The van der Waals surface area contributed by atoms with E-state index in [9.17, 15) is 9.59 Å². The van der Waals surface area contributed by atoms with Crippen molar-refractivity contribution < 1.29 is 14.3 Å². The standard InChI is InChI=1S/C8H14O3/c1-4-11-8(10)7(5-9)6(2)3/h5-7H,4H2,1-3H3/t7-/m0/s1. The van der Waals surface area contributed by atoms with Crippen molar-refractivity contribution in [3.8, 4) is 0 Å². The minimum absolute atomic E-state index is 0.0200. The Bertz CT molecular complexity index is 140. The van der Waals surface area contributed by atoms with Crippen molar-refractivity contribution in [1.82, 2.24) is 0 Å². The normalized spacial score (nSPS) is 12.7. The molecule has 11 heavy (non-hydrogen) atoms. The molecule has 1 atom stereocenters. The first-order valence-electron chi connectivity index (χ1n) is 3.75. The third kappa shape index (κ3) is 3.16. The summed E-state index contributed by atoms with van der Waals surface area (Å²) in [6.07, 6.45) is 0.642. The van der Waals surface area contributed by atoms with Crippen molar-refractivity contribution in [1.29, 1.82) is 0 Å². The van der Waals surface area contributed by atoms with Gasteiger partial charge in [0, 0.05) is 0 Å². The molecule has 0 aliphatic rings. The van der Waals surface area contributed by atoms with Crippen molar-refractivity contribution in [3.05, 3.63) is 0 Å². The van der Waals surface area contributed by atoms with E-state index in [-0.39, 0.29) is 5.92 Å². The molecule has 0 amide bonds. The number of hydrogen-bond donors (Lipinski definition) is 0. The number of esters is 1. The van der Waals surface area contributed by atoms with Gasteiger partial charge in [0.1, 0.15) is 12.2 Å². The molecule has 0 rings (SSSR count). The van der Waals surface area contributed by atoms with Gasteiger partial charge in [-0.15, -0.1) is 0 Å². The van der Waals surface area contributed by atoms with Crippen LogP contribution in [0.5, 0.6) is 0 Å². The molecule has 0 bridgehead atoms. The summed E-state index contributed by atoms with van der Waals surface area (Å²) in [5, 5.41) is 0. The van der Waals surface area contributed by atoms with E-state index < -0.39 is 11.9 Å². The van der Waals surface area contributed by atoms with Gasteiger partial charge in [-0.25, -0.2) is 0 Å². The Kier molecular flexibility index (Phi) is 4.50. The lowest BCUT2D eigenvalue weighted by atomic mass is 9.98. The molecule has 0 aliphatic heterocycles. The van der Waals surface area contributed by atoms with Crippen molar-refractivity contribution in [2.45, 2.75) is 20.8 Å². The van der Waals surface area contributed by atoms with Gasteiger partial charge in [0.25, 0.3) is 0 Å². The predicted molar refractivity (Wildman–Crippen MR) is 41.0 cm³/mol. The van der Waals surface area contributed by atoms with Crippen molar-refractivity contribution in [3.63, 3.8) is 0 Å². The lowest BCUT2D eigenvalue weighted by Gasteiger charge is -2.11. The van der Waals surface area contributed by atoms with Gasteiger partial charge in [-0.2, -0.15) is 0 Å². The summed E-state index contributed by atoms with van der Waals surface area (Å²) < 4.78 is 4.69. The lowest BCUT2D eigenvalue weighted by molar-refractivity contribution is -0.150. The van der Waals surface area contributed by atoms with Crippen LogP contribution in [0.3, 0.4) is 0 Å². The van der Waals surface area contributed by atoms with Crippen LogP contribution in [0, 0.1) is 11.8 Å². The van der Waals surface area contributed by atoms with Gasteiger partial charge in [-0.1, -0.05) is 13.8 Å². The van der Waals surface area contributed by atoms with Crippen LogP contribution in [0.25, 0.3) is 0 Å². The van der Waals surface area contributed by atoms with Crippen LogP contribution in [0.15, 0.2) is 0 Å². The summed E-state index contributed by atoms with van der Waals surface area (Å²) in [4.78, 5) is 21.3. The van der Waals surface area contributed by atoms with Gasteiger partial charge in [0.15, 0.2) is 0 Å². The van der Waals surface area contributed by atoms with E-state index in [0.29, 0.717) is 12.9 Å². The molecule has 0 aliphatic carbocycles. The van der Waals surface area contributed by atoms with E-state index in [1.165, 1.54) is 0 Å². The van der Waals surface area contributed by atoms with E-state index in [2.05, 4.69) is 4.74 Å². The maximum atomic E-state index is 11.0. The fourth-order valence-corrected chi connectivity index (χ4v) is 0.723. The van der Waals surface area contributed by atoms with Gasteiger partial charge < -0.3 is 9.53 Å². The highest BCUT2D eigenvalue weighted by Gasteiger charge is 2.22. The Morgan fingerprint density at radius 2 is 2.09 bits per heavy atom. The zero-order chi connectivity index (χ0) is 8.85. The highest BCUT2D eigenvalue weighted by Crippen LogP contribution is 2.09. The van der Waals surface area contributed by atoms with Gasteiger partial charge in [-0.3, -0.25) is 4.79 Å². The van der Waals surface area contributed by atoms with Crippen molar-refractivity contribution in [2.75, 3.05) is 6.61 Å². The van der Waals surface area contributed by atoms with Crippen molar-refractivity contribution >= 4 is 12.3 Å². The number of aldehydes is 1. The summed E-state index contributed by atoms with van der Waals surface area (Å²) in [6.45, 7) is 5.68. The van der Waals surface area contributed by atoms with E-state index in [1.54, 1.807) is 6.92 Å². The molecule has 0 aromatic carbocycles. The first kappa shape index (κ1) is 10.1. The molecule has 0 radical (unpaired) electrons. The van der Waals surface area contributed by atoms with E-state index in [4.69, 9.17) is 0 Å². The molecule has 0 aromatic rings. The number of rotatable bonds is 4. The van der Waals surface area contributed by atoms with Crippen LogP contribution in [0.2, 0.25) is 0 Å². The molecule has 0 spiro atoms. The van der Waals surface area contributed by atoms with Crippen LogP contribution in [-0.2, 0) is 14.3 Å². The topological polar surface area (TPSA) is 43.4 Å². The number of hydrogen-bond acceptors (Lipinski definition) is 3. The molecule has 0 saturated carbocycles. The smallest absolute Gasteiger partial charge is 0.316 e. The molecule has 0 fully saturated rings. The number of carbonyl (C=O) groups excluding carboxylic acids is 2. The first-order chi connectivity index (χ1) is 5.13. The predicted octanol–water partition coefficient (Wildman–Crippen LogP) is 1.02. The fraction of sp³-hybridized carbons (Fsp3) is 0.750. The van der Waals surface area contributed by atoms with Crippen LogP contribution < -0.4 is 0 Å². The second kappa shape index (κ2) is 4.88. The largest absolute Gasteiger partial charge is 0.465 e. The van der Waals surface area contributed by atoms with E-state index in [0.717, 1.165) is 0 Å². The highest BCUT2D eigenvalue weighted by atomic mass is 16.5. The Morgan fingerprint density at radius 3 is 2.36 bits per heavy atom. The molecule has 0 N–H and O–H groups in total. The molecule has 3 nitrogen and oxygen atoms in total. The molecule has 3 heteroatoms. The van der Waals surface area contributed by atoms with Gasteiger partial charge in [0.05, 0.1) is 6.61 Å². The summed E-state index contributed by atoms with van der Waals surface area (Å²) in [6, 6.07) is 0. The molecule has 0 heterocycles. The van der Waals surface area contributed by atoms with E-state index >= 15 is 0 Å².